The monoisotopic (exact) mass is 384 g/mol. The molecule has 0 fully saturated rings. The topological polar surface area (TPSA) is 58.4 Å². The van der Waals surface area contributed by atoms with E-state index in [0.717, 1.165) is 28.3 Å². The van der Waals surface area contributed by atoms with E-state index in [4.69, 9.17) is 0 Å². The third kappa shape index (κ3) is 4.29. The number of carbonyl (C=O) groups excluding carboxylic acids is 1. The first-order valence-corrected chi connectivity index (χ1v) is 9.61. The maximum atomic E-state index is 12.3. The van der Waals surface area contributed by atoms with Crippen LogP contribution in [0.25, 0.3) is 16.9 Å². The minimum Gasteiger partial charge on any atom is -0.308 e. The highest BCUT2D eigenvalue weighted by molar-refractivity contribution is 5.99. The quantitative estimate of drug-likeness (QED) is 0.459. The van der Waals surface area contributed by atoms with Crippen molar-refractivity contribution in [2.75, 3.05) is 10.6 Å². The Bertz CT molecular complexity index is 1100. The van der Waals surface area contributed by atoms with Crippen molar-refractivity contribution in [3.8, 4) is 11.3 Å². The van der Waals surface area contributed by atoms with Crippen LogP contribution in [0.4, 0.5) is 16.2 Å². The van der Waals surface area contributed by atoms with Gasteiger partial charge in [0.2, 0.25) is 0 Å². The Morgan fingerprint density at radius 3 is 2.07 bits per heavy atom. The minimum atomic E-state index is -0.269. The van der Waals surface area contributed by atoms with Gasteiger partial charge in [0.15, 0.2) is 0 Å². The average Bonchev–Trinajstić information content (AvgIpc) is 3.12. The van der Waals surface area contributed by atoms with E-state index in [-0.39, 0.29) is 11.4 Å². The van der Waals surface area contributed by atoms with Gasteiger partial charge in [0.25, 0.3) is 0 Å². The molecule has 2 aromatic heterocycles. The summed E-state index contributed by atoms with van der Waals surface area (Å²) in [5.41, 5.74) is 5.60. The van der Waals surface area contributed by atoms with Crippen LogP contribution in [0.5, 0.6) is 0 Å². The maximum Gasteiger partial charge on any atom is 0.323 e. The molecule has 5 nitrogen and oxygen atoms in total. The second-order valence-corrected chi connectivity index (χ2v) is 8.08. The van der Waals surface area contributed by atoms with Crippen LogP contribution in [-0.2, 0) is 5.41 Å². The number of rotatable bonds is 3. The molecule has 4 rings (SSSR count). The number of nitrogens with zero attached hydrogens (tertiary/aromatic N) is 2. The highest BCUT2D eigenvalue weighted by Gasteiger charge is 2.13. The number of carbonyl (C=O) groups is 1. The van der Waals surface area contributed by atoms with Crippen molar-refractivity contribution in [2.45, 2.75) is 26.2 Å². The van der Waals surface area contributed by atoms with Gasteiger partial charge in [-0.15, -0.1) is 0 Å². The SMILES string of the molecule is CC(C)(C)c1ccc(NC(=O)Nc2ccc(-c3cn4ccccc4n3)cc2)cc1. The van der Waals surface area contributed by atoms with Crippen LogP contribution in [0.3, 0.4) is 0 Å². The smallest absolute Gasteiger partial charge is 0.308 e. The zero-order chi connectivity index (χ0) is 20.4. The fourth-order valence-electron chi connectivity index (χ4n) is 3.15. The molecule has 0 aliphatic heterocycles. The second kappa shape index (κ2) is 7.43. The fraction of sp³-hybridized carbons (Fsp3) is 0.167. The molecule has 2 aromatic carbocycles. The number of hydrogen-bond donors (Lipinski definition) is 2. The van der Waals surface area contributed by atoms with Crippen molar-refractivity contribution in [3.05, 3.63) is 84.7 Å². The van der Waals surface area contributed by atoms with Gasteiger partial charge < -0.3 is 15.0 Å². The van der Waals surface area contributed by atoms with Crippen LogP contribution in [-0.4, -0.2) is 15.4 Å². The van der Waals surface area contributed by atoms with Crippen molar-refractivity contribution in [1.82, 2.24) is 9.38 Å². The van der Waals surface area contributed by atoms with E-state index in [1.54, 1.807) is 0 Å². The highest BCUT2D eigenvalue weighted by Crippen LogP contribution is 2.24. The number of imidazole rings is 1. The molecule has 2 N–H and O–H groups in total. The Kier molecular flexibility index (Phi) is 4.80. The zero-order valence-electron chi connectivity index (χ0n) is 16.8. The van der Waals surface area contributed by atoms with E-state index in [2.05, 4.69) is 36.4 Å². The van der Waals surface area contributed by atoms with Gasteiger partial charge in [-0.1, -0.05) is 51.1 Å². The van der Waals surface area contributed by atoms with Gasteiger partial charge in [0, 0.05) is 29.3 Å². The van der Waals surface area contributed by atoms with E-state index in [0.29, 0.717) is 0 Å². The van der Waals surface area contributed by atoms with E-state index in [9.17, 15) is 4.79 Å². The molecule has 0 unspecified atom stereocenters. The van der Waals surface area contributed by atoms with Gasteiger partial charge in [-0.3, -0.25) is 0 Å². The van der Waals surface area contributed by atoms with Crippen molar-refractivity contribution in [1.29, 1.82) is 0 Å². The third-order valence-corrected chi connectivity index (χ3v) is 4.81. The van der Waals surface area contributed by atoms with Crippen LogP contribution < -0.4 is 10.6 Å². The lowest BCUT2D eigenvalue weighted by Crippen LogP contribution is -2.19. The number of pyridine rings is 1. The largest absolute Gasteiger partial charge is 0.323 e. The summed E-state index contributed by atoms with van der Waals surface area (Å²) >= 11 is 0. The summed E-state index contributed by atoms with van der Waals surface area (Å²) < 4.78 is 1.99. The molecule has 0 atom stereocenters. The molecule has 0 aliphatic rings. The van der Waals surface area contributed by atoms with E-state index < -0.39 is 0 Å². The first kappa shape index (κ1) is 18.7. The van der Waals surface area contributed by atoms with E-state index in [1.165, 1.54) is 5.56 Å². The van der Waals surface area contributed by atoms with Crippen molar-refractivity contribution >= 4 is 23.1 Å². The molecule has 0 radical (unpaired) electrons. The molecular formula is C24H24N4O. The Morgan fingerprint density at radius 2 is 1.48 bits per heavy atom. The number of urea groups is 1. The average molecular weight is 384 g/mol. The molecule has 29 heavy (non-hydrogen) atoms. The van der Waals surface area contributed by atoms with Crippen LogP contribution in [0.2, 0.25) is 0 Å². The Balaban J connectivity index is 1.41. The number of anilines is 2. The minimum absolute atomic E-state index is 0.0868. The molecule has 0 spiro atoms. The predicted octanol–water partition coefficient (Wildman–Crippen LogP) is 5.94. The molecule has 0 saturated heterocycles. The third-order valence-electron chi connectivity index (χ3n) is 4.81. The highest BCUT2D eigenvalue weighted by atomic mass is 16.2. The van der Waals surface area contributed by atoms with Crippen molar-refractivity contribution in [3.63, 3.8) is 0 Å². The van der Waals surface area contributed by atoms with Gasteiger partial charge >= 0.3 is 6.03 Å². The Labute approximate surface area is 170 Å². The lowest BCUT2D eigenvalue weighted by atomic mass is 9.87. The predicted molar refractivity (Wildman–Crippen MR) is 118 cm³/mol. The lowest BCUT2D eigenvalue weighted by Gasteiger charge is -2.19. The molecule has 0 saturated carbocycles. The summed E-state index contributed by atoms with van der Waals surface area (Å²) in [7, 11) is 0. The second-order valence-electron chi connectivity index (χ2n) is 8.08. The molecule has 2 heterocycles. The number of benzene rings is 2. The number of nitrogens with one attached hydrogen (secondary N) is 2. The summed E-state index contributed by atoms with van der Waals surface area (Å²) in [4.78, 5) is 16.9. The number of fused-ring (bicyclic) bond motifs is 1. The summed E-state index contributed by atoms with van der Waals surface area (Å²) in [6.07, 6.45) is 3.96. The van der Waals surface area contributed by atoms with Crippen LogP contribution in [0.1, 0.15) is 26.3 Å². The van der Waals surface area contributed by atoms with Gasteiger partial charge in [-0.2, -0.15) is 0 Å². The zero-order valence-corrected chi connectivity index (χ0v) is 16.8. The van der Waals surface area contributed by atoms with E-state index >= 15 is 0 Å². The molecule has 5 heteroatoms. The van der Waals surface area contributed by atoms with Crippen LogP contribution in [0.15, 0.2) is 79.1 Å². The summed E-state index contributed by atoms with van der Waals surface area (Å²) in [6.45, 7) is 6.49. The first-order valence-electron chi connectivity index (χ1n) is 9.61. The van der Waals surface area contributed by atoms with Crippen molar-refractivity contribution < 1.29 is 4.79 Å². The van der Waals surface area contributed by atoms with Crippen LogP contribution in [0, 0.1) is 0 Å². The number of amides is 2. The molecule has 4 aromatic rings. The van der Waals surface area contributed by atoms with Crippen LogP contribution >= 0.6 is 0 Å². The van der Waals surface area contributed by atoms with Gasteiger partial charge in [-0.05, 0) is 47.4 Å². The normalized spacial score (nSPS) is 11.4. The van der Waals surface area contributed by atoms with Gasteiger partial charge in [0.1, 0.15) is 5.65 Å². The Hall–Kier alpha value is -3.60. The van der Waals surface area contributed by atoms with E-state index in [1.807, 2.05) is 83.5 Å². The standard InChI is InChI=1S/C24H24N4O/c1-24(2,3)18-9-13-20(14-10-18)26-23(29)25-19-11-7-17(8-12-19)21-16-28-15-5-4-6-22(28)27-21/h4-16H,1-3H3,(H2,25,26,29). The van der Waals surface area contributed by atoms with Gasteiger partial charge in [-0.25, -0.2) is 9.78 Å². The number of aromatic nitrogens is 2. The number of hydrogen-bond acceptors (Lipinski definition) is 2. The summed E-state index contributed by atoms with van der Waals surface area (Å²) in [5, 5.41) is 5.73. The fourth-order valence-corrected chi connectivity index (χ4v) is 3.15. The molecule has 0 bridgehead atoms. The molecule has 2 amide bonds. The molecule has 0 aliphatic carbocycles. The summed E-state index contributed by atoms with van der Waals surface area (Å²) in [5.74, 6) is 0. The van der Waals surface area contributed by atoms with Crippen molar-refractivity contribution in [2.24, 2.45) is 0 Å². The van der Waals surface area contributed by atoms with Gasteiger partial charge in [0.05, 0.1) is 5.69 Å². The molecular weight excluding hydrogens is 360 g/mol. The first-order chi connectivity index (χ1) is 13.9. The molecule has 146 valence electrons. The maximum absolute atomic E-state index is 12.3. The Morgan fingerprint density at radius 1 is 0.862 bits per heavy atom. The lowest BCUT2D eigenvalue weighted by molar-refractivity contribution is 0.262. The summed E-state index contributed by atoms with van der Waals surface area (Å²) in [6, 6.07) is 21.2.